The Labute approximate surface area is 203 Å². The van der Waals surface area contributed by atoms with E-state index in [1.807, 2.05) is 4.90 Å². The van der Waals surface area contributed by atoms with E-state index in [1.165, 1.54) is 19.3 Å². The van der Waals surface area contributed by atoms with E-state index in [-0.39, 0.29) is 50.1 Å². The molecule has 1 aliphatic heterocycles. The van der Waals surface area contributed by atoms with E-state index in [4.69, 9.17) is 0 Å². The van der Waals surface area contributed by atoms with Crippen LogP contribution in [0.5, 0.6) is 0 Å². The molecule has 2 unspecified atom stereocenters. The fourth-order valence-corrected chi connectivity index (χ4v) is 4.31. The van der Waals surface area contributed by atoms with Crippen LogP contribution < -0.4 is 4.90 Å². The molecule has 1 saturated heterocycles. The fraction of sp³-hybridized carbons (Fsp3) is 0.680. The van der Waals surface area contributed by atoms with Crippen LogP contribution in [-0.4, -0.2) is 23.2 Å². The number of rotatable bonds is 11. The molecule has 2 atom stereocenters. The molecule has 1 amide bonds. The van der Waals surface area contributed by atoms with E-state index in [0.717, 1.165) is 56.2 Å². The SMILES string of the molecule is [CH2-]CCCCCC1CCCC(=O)N1c1ccc(C(C)(C)C(O)CCCC)cc1.[Y]. The Kier molecular flexibility index (Phi) is 12.2. The summed E-state index contributed by atoms with van der Waals surface area (Å²) in [5, 5.41) is 10.6. The number of anilines is 1. The van der Waals surface area contributed by atoms with E-state index in [9.17, 15) is 9.90 Å². The van der Waals surface area contributed by atoms with Gasteiger partial charge in [0, 0.05) is 56.3 Å². The molecule has 0 spiro atoms. The molecule has 161 valence electrons. The number of benzene rings is 1. The quantitative estimate of drug-likeness (QED) is 0.307. The van der Waals surface area contributed by atoms with E-state index in [1.54, 1.807) is 0 Å². The molecule has 0 aromatic heterocycles. The Balaban J connectivity index is 0.00000420. The molecule has 0 saturated carbocycles. The van der Waals surface area contributed by atoms with Gasteiger partial charge in [-0.2, -0.15) is 6.42 Å². The summed E-state index contributed by atoms with van der Waals surface area (Å²) in [5.41, 5.74) is 1.86. The van der Waals surface area contributed by atoms with Crippen molar-refractivity contribution in [3.8, 4) is 0 Å². The number of aliphatic hydroxyl groups excluding tert-OH is 1. The molecule has 3 nitrogen and oxygen atoms in total. The Morgan fingerprint density at radius 1 is 1.17 bits per heavy atom. The summed E-state index contributed by atoms with van der Waals surface area (Å²) in [6.07, 6.45) is 11.0. The van der Waals surface area contributed by atoms with Crippen molar-refractivity contribution in [2.45, 2.75) is 109 Å². The summed E-state index contributed by atoms with van der Waals surface area (Å²) < 4.78 is 0. The number of piperidine rings is 1. The van der Waals surface area contributed by atoms with Gasteiger partial charge in [-0.1, -0.05) is 65.0 Å². The minimum Gasteiger partial charge on any atom is -0.392 e. The number of unbranched alkanes of at least 4 members (excludes halogenated alkanes) is 4. The second kappa shape index (κ2) is 13.2. The molecule has 1 N–H and O–H groups in total. The van der Waals surface area contributed by atoms with Crippen LogP contribution >= 0.6 is 0 Å². The molecule has 1 aromatic rings. The summed E-state index contributed by atoms with van der Waals surface area (Å²) in [4.78, 5) is 14.7. The number of carbonyl (C=O) groups excluding carboxylic acids is 1. The monoisotopic (exact) mass is 475 g/mol. The average molecular weight is 476 g/mol. The number of hydrogen-bond donors (Lipinski definition) is 1. The van der Waals surface area contributed by atoms with Crippen LogP contribution in [0.15, 0.2) is 24.3 Å². The summed E-state index contributed by atoms with van der Waals surface area (Å²) in [7, 11) is 0. The molecule has 2 rings (SSSR count). The van der Waals surface area contributed by atoms with Gasteiger partial charge in [-0.25, -0.2) is 0 Å². The number of amides is 1. The topological polar surface area (TPSA) is 40.5 Å². The first-order valence-electron chi connectivity index (χ1n) is 11.3. The van der Waals surface area contributed by atoms with Gasteiger partial charge < -0.3 is 16.9 Å². The van der Waals surface area contributed by atoms with Crippen LogP contribution in [0.3, 0.4) is 0 Å². The van der Waals surface area contributed by atoms with Crippen molar-refractivity contribution in [2.75, 3.05) is 4.90 Å². The Bertz CT molecular complexity index is 599. The van der Waals surface area contributed by atoms with Crippen LogP contribution in [-0.2, 0) is 42.9 Å². The third-order valence-corrected chi connectivity index (χ3v) is 6.40. The standard InChI is InChI=1S/C25H40NO2.Y/c1-5-7-9-10-12-21-13-11-15-24(28)26(21)22-18-16-20(17-19-22)25(3,4)23(27)14-8-6-2;/h16-19,21,23,27H,1,5-15H2,2-4H3;/q-1;. The normalized spacial score (nSPS) is 18.4. The molecule has 1 aromatic carbocycles. The predicted octanol–water partition coefficient (Wildman–Crippen LogP) is 6.18. The van der Waals surface area contributed by atoms with E-state index < -0.39 is 0 Å². The Hall–Kier alpha value is -0.246. The smallest absolute Gasteiger partial charge is 0.227 e. The molecular formula is C25H40NO2Y-. The fourth-order valence-electron chi connectivity index (χ4n) is 4.31. The van der Waals surface area contributed by atoms with Gasteiger partial charge in [0.05, 0.1) is 6.10 Å². The van der Waals surface area contributed by atoms with Gasteiger partial charge in [0.2, 0.25) is 5.91 Å². The van der Waals surface area contributed by atoms with Crippen LogP contribution in [0.2, 0.25) is 0 Å². The zero-order chi connectivity index (χ0) is 20.6. The minimum absolute atomic E-state index is 0. The average Bonchev–Trinajstić information content (AvgIpc) is 2.69. The summed E-state index contributed by atoms with van der Waals surface area (Å²) >= 11 is 0. The number of aliphatic hydroxyl groups is 1. The van der Waals surface area contributed by atoms with Crippen molar-refractivity contribution in [2.24, 2.45) is 0 Å². The van der Waals surface area contributed by atoms with Gasteiger partial charge in [0.1, 0.15) is 0 Å². The van der Waals surface area contributed by atoms with Gasteiger partial charge >= 0.3 is 0 Å². The van der Waals surface area contributed by atoms with Crippen molar-refractivity contribution in [3.63, 3.8) is 0 Å². The summed E-state index contributed by atoms with van der Waals surface area (Å²) in [6, 6.07) is 8.68. The molecule has 4 heteroatoms. The van der Waals surface area contributed by atoms with Gasteiger partial charge in [-0.3, -0.25) is 4.79 Å². The first kappa shape index (κ1) is 26.8. The van der Waals surface area contributed by atoms with E-state index in [0.29, 0.717) is 12.5 Å². The molecule has 1 radical (unpaired) electrons. The first-order valence-corrected chi connectivity index (χ1v) is 11.3. The Morgan fingerprint density at radius 2 is 1.86 bits per heavy atom. The van der Waals surface area contributed by atoms with Gasteiger partial charge in [0.15, 0.2) is 0 Å². The molecule has 0 aliphatic carbocycles. The predicted molar refractivity (Wildman–Crippen MR) is 119 cm³/mol. The van der Waals surface area contributed by atoms with Crippen molar-refractivity contribution in [1.82, 2.24) is 0 Å². The third-order valence-electron chi connectivity index (χ3n) is 6.40. The molecule has 1 aliphatic rings. The number of hydrogen-bond acceptors (Lipinski definition) is 2. The van der Waals surface area contributed by atoms with Crippen LogP contribution in [0.25, 0.3) is 0 Å². The van der Waals surface area contributed by atoms with Gasteiger partial charge in [-0.05, 0) is 43.4 Å². The van der Waals surface area contributed by atoms with E-state index in [2.05, 4.69) is 52.0 Å². The first-order chi connectivity index (χ1) is 13.4. The minimum atomic E-state index is -0.351. The van der Waals surface area contributed by atoms with Crippen molar-refractivity contribution in [3.05, 3.63) is 36.8 Å². The molecule has 1 fully saturated rings. The van der Waals surface area contributed by atoms with Crippen molar-refractivity contribution in [1.29, 1.82) is 0 Å². The van der Waals surface area contributed by atoms with E-state index >= 15 is 0 Å². The number of nitrogens with zero attached hydrogens (tertiary/aromatic N) is 1. The molecule has 29 heavy (non-hydrogen) atoms. The zero-order valence-corrected chi connectivity index (χ0v) is 21.7. The zero-order valence-electron chi connectivity index (χ0n) is 18.8. The molecular weight excluding hydrogens is 435 g/mol. The Morgan fingerprint density at radius 3 is 2.48 bits per heavy atom. The van der Waals surface area contributed by atoms with Crippen LogP contribution in [0.1, 0.15) is 97.0 Å². The number of carbonyl (C=O) groups is 1. The van der Waals surface area contributed by atoms with Gasteiger partial charge in [0.25, 0.3) is 0 Å². The van der Waals surface area contributed by atoms with Gasteiger partial charge in [-0.15, -0.1) is 0 Å². The summed E-state index contributed by atoms with van der Waals surface area (Å²) in [5.74, 6) is 0.253. The second-order valence-electron chi connectivity index (χ2n) is 8.94. The maximum absolute atomic E-state index is 12.7. The third kappa shape index (κ3) is 7.44. The van der Waals surface area contributed by atoms with Crippen LogP contribution in [0.4, 0.5) is 5.69 Å². The maximum atomic E-state index is 12.7. The van der Waals surface area contributed by atoms with Crippen molar-refractivity contribution < 1.29 is 42.6 Å². The second-order valence-corrected chi connectivity index (χ2v) is 8.94. The van der Waals surface area contributed by atoms with Crippen molar-refractivity contribution >= 4 is 11.6 Å². The molecule has 1 heterocycles. The maximum Gasteiger partial charge on any atom is 0.227 e. The molecule has 0 bridgehead atoms. The van der Waals surface area contributed by atoms with Crippen LogP contribution in [0, 0.1) is 6.92 Å². The summed E-state index contributed by atoms with van der Waals surface area (Å²) in [6.45, 7) is 10.3. The largest absolute Gasteiger partial charge is 0.392 e.